The third-order valence-electron chi connectivity index (χ3n) is 5.77. The number of hydrogen-bond acceptors (Lipinski definition) is 7. The van der Waals surface area contributed by atoms with Gasteiger partial charge in [-0.1, -0.05) is 36.4 Å². The van der Waals surface area contributed by atoms with E-state index in [-0.39, 0.29) is 22.9 Å². The highest BCUT2D eigenvalue weighted by Crippen LogP contribution is 2.33. The first-order valence-corrected chi connectivity index (χ1v) is 13.9. The van der Waals surface area contributed by atoms with Crippen LogP contribution in [0.1, 0.15) is 28.6 Å². The van der Waals surface area contributed by atoms with Crippen LogP contribution >= 0.6 is 0 Å². The van der Waals surface area contributed by atoms with Crippen molar-refractivity contribution in [1.29, 1.82) is 0 Å². The molecule has 42 heavy (non-hydrogen) atoms. The Morgan fingerprint density at radius 3 is 2.36 bits per heavy atom. The van der Waals surface area contributed by atoms with Crippen LogP contribution in [-0.4, -0.2) is 39.7 Å². The van der Waals surface area contributed by atoms with Crippen molar-refractivity contribution in [3.63, 3.8) is 0 Å². The van der Waals surface area contributed by atoms with E-state index in [1.807, 2.05) is 0 Å². The van der Waals surface area contributed by atoms with E-state index in [4.69, 9.17) is 9.15 Å². The highest BCUT2D eigenvalue weighted by molar-refractivity contribution is 7.92. The van der Waals surface area contributed by atoms with Gasteiger partial charge in [-0.25, -0.2) is 18.6 Å². The normalized spacial score (nSPS) is 11.8. The maximum atomic E-state index is 13.3. The molecule has 0 saturated heterocycles. The molecule has 0 spiro atoms. The molecule has 13 heteroatoms. The number of carbonyl (C=O) groups is 2. The van der Waals surface area contributed by atoms with Gasteiger partial charge in [0.2, 0.25) is 0 Å². The highest BCUT2D eigenvalue weighted by Gasteiger charge is 2.33. The van der Waals surface area contributed by atoms with E-state index in [9.17, 15) is 31.2 Å². The van der Waals surface area contributed by atoms with Gasteiger partial charge in [-0.3, -0.25) is 9.10 Å². The predicted octanol–water partition coefficient (Wildman–Crippen LogP) is 5.49. The van der Waals surface area contributed by atoms with Gasteiger partial charge >= 0.3 is 12.1 Å². The van der Waals surface area contributed by atoms with Crippen LogP contribution in [-0.2, 0) is 25.7 Å². The van der Waals surface area contributed by atoms with E-state index < -0.39 is 40.2 Å². The van der Waals surface area contributed by atoms with E-state index in [2.05, 4.69) is 10.5 Å². The van der Waals surface area contributed by atoms with Crippen molar-refractivity contribution in [3.05, 3.63) is 108 Å². The zero-order chi connectivity index (χ0) is 30.3. The molecule has 0 saturated carbocycles. The molecule has 1 heterocycles. The summed E-state index contributed by atoms with van der Waals surface area (Å²) >= 11 is 0. The Bertz CT molecular complexity index is 1690. The summed E-state index contributed by atoms with van der Waals surface area (Å²) in [6.07, 6.45) is -3.55. The van der Waals surface area contributed by atoms with Crippen molar-refractivity contribution in [3.8, 4) is 11.3 Å². The number of ether oxygens (including phenoxy) is 1. The number of sulfonamides is 1. The Morgan fingerprint density at radius 2 is 1.69 bits per heavy atom. The number of carbonyl (C=O) groups excluding carboxylic acids is 2. The molecule has 0 atom stereocenters. The first-order chi connectivity index (χ1) is 20.0. The lowest BCUT2D eigenvalue weighted by molar-refractivity contribution is -0.137. The van der Waals surface area contributed by atoms with Crippen LogP contribution in [0, 0.1) is 0 Å². The van der Waals surface area contributed by atoms with Gasteiger partial charge in [0.1, 0.15) is 18.1 Å². The van der Waals surface area contributed by atoms with Crippen LogP contribution in [0.25, 0.3) is 11.3 Å². The lowest BCUT2D eigenvalue weighted by Gasteiger charge is -2.24. The number of rotatable bonds is 10. The van der Waals surface area contributed by atoms with Crippen molar-refractivity contribution in [1.82, 2.24) is 5.43 Å². The molecular weight excluding hydrogens is 575 g/mol. The fraction of sp³-hybridized carbons (Fsp3) is 0.138. The smallest absolute Gasteiger partial charge is 0.416 e. The fourth-order valence-corrected chi connectivity index (χ4v) is 5.20. The van der Waals surface area contributed by atoms with Gasteiger partial charge in [0.05, 0.1) is 34.5 Å². The molecule has 218 valence electrons. The molecule has 0 aliphatic rings. The zero-order valence-corrected chi connectivity index (χ0v) is 22.9. The van der Waals surface area contributed by atoms with Crippen LogP contribution in [0.4, 0.5) is 18.9 Å². The number of anilines is 1. The average molecular weight is 600 g/mol. The lowest BCUT2D eigenvalue weighted by Crippen LogP contribution is -2.39. The van der Waals surface area contributed by atoms with E-state index in [1.54, 1.807) is 49.4 Å². The molecule has 0 unspecified atom stereocenters. The Morgan fingerprint density at radius 1 is 0.976 bits per heavy atom. The molecule has 1 aromatic heterocycles. The van der Waals surface area contributed by atoms with Crippen molar-refractivity contribution in [2.45, 2.75) is 18.0 Å². The third-order valence-corrected chi connectivity index (χ3v) is 7.56. The Labute approximate surface area is 239 Å². The summed E-state index contributed by atoms with van der Waals surface area (Å²) < 4.78 is 77.9. The lowest BCUT2D eigenvalue weighted by atomic mass is 10.1. The molecule has 0 bridgehead atoms. The number of halogens is 3. The van der Waals surface area contributed by atoms with Crippen LogP contribution < -0.4 is 9.73 Å². The van der Waals surface area contributed by atoms with Crippen molar-refractivity contribution in [2.24, 2.45) is 5.10 Å². The van der Waals surface area contributed by atoms with E-state index in [1.165, 1.54) is 30.5 Å². The number of amides is 1. The molecule has 0 aliphatic carbocycles. The second-order valence-corrected chi connectivity index (χ2v) is 10.5. The number of nitrogens with one attached hydrogen (secondary N) is 1. The molecule has 4 rings (SSSR count). The van der Waals surface area contributed by atoms with Gasteiger partial charge in [-0.15, -0.1) is 0 Å². The van der Waals surface area contributed by atoms with Crippen LogP contribution in [0.5, 0.6) is 0 Å². The molecule has 3 aromatic carbocycles. The van der Waals surface area contributed by atoms with Crippen LogP contribution in [0.2, 0.25) is 0 Å². The monoisotopic (exact) mass is 599 g/mol. The summed E-state index contributed by atoms with van der Waals surface area (Å²) in [7, 11) is -4.42. The number of hydrazone groups is 1. The summed E-state index contributed by atoms with van der Waals surface area (Å²) in [5.74, 6) is -0.672. The number of hydrogen-bond donors (Lipinski definition) is 1. The fourth-order valence-electron chi connectivity index (χ4n) is 3.77. The standard InChI is InChI=1S/C29H24F3N3O6S/c1-2-40-28(37)21-13-11-20(12-14-21)26-16-15-24(41-26)18-33-34-27(36)19-35(42(38,39)25-9-4-3-5-10-25)23-8-6-7-22(17-23)29(30,31)32/h3-18H,2,19H2,1H3,(H,34,36)/b33-18-. The number of alkyl halides is 3. The maximum Gasteiger partial charge on any atom is 0.416 e. The summed E-state index contributed by atoms with van der Waals surface area (Å²) in [6, 6.07) is 20.4. The van der Waals surface area contributed by atoms with Crippen molar-refractivity contribution in [2.75, 3.05) is 17.5 Å². The minimum absolute atomic E-state index is 0.211. The van der Waals surface area contributed by atoms with Gasteiger partial charge in [-0.05, 0) is 61.5 Å². The Balaban J connectivity index is 1.49. The van der Waals surface area contributed by atoms with Crippen molar-refractivity contribution < 1.29 is 40.3 Å². The zero-order valence-electron chi connectivity index (χ0n) is 22.0. The van der Waals surface area contributed by atoms with E-state index >= 15 is 0 Å². The minimum Gasteiger partial charge on any atom is -0.462 e. The quantitative estimate of drug-likeness (QED) is 0.146. The van der Waals surface area contributed by atoms with Gasteiger partial charge in [0.25, 0.3) is 15.9 Å². The SMILES string of the molecule is CCOC(=O)c1ccc(-c2ccc(/C=N\NC(=O)CN(c3cccc(C(F)(F)F)c3)S(=O)(=O)c3ccccc3)o2)cc1. The first-order valence-electron chi connectivity index (χ1n) is 12.4. The number of benzene rings is 3. The largest absolute Gasteiger partial charge is 0.462 e. The molecule has 1 N–H and O–H groups in total. The van der Waals surface area contributed by atoms with Gasteiger partial charge in [0.15, 0.2) is 0 Å². The van der Waals surface area contributed by atoms with Gasteiger partial charge < -0.3 is 9.15 Å². The Hall–Kier alpha value is -4.91. The third kappa shape index (κ3) is 7.23. The van der Waals surface area contributed by atoms with Crippen LogP contribution in [0.15, 0.2) is 105 Å². The molecule has 4 aromatic rings. The molecule has 1 amide bonds. The van der Waals surface area contributed by atoms with Crippen LogP contribution in [0.3, 0.4) is 0 Å². The first kappa shape index (κ1) is 30.1. The summed E-state index contributed by atoms with van der Waals surface area (Å²) in [5, 5.41) is 3.78. The predicted molar refractivity (Wildman–Crippen MR) is 148 cm³/mol. The molecule has 0 radical (unpaired) electrons. The second kappa shape index (κ2) is 12.7. The topological polar surface area (TPSA) is 118 Å². The molecule has 9 nitrogen and oxygen atoms in total. The molecular formula is C29H24F3N3O6S. The second-order valence-electron chi connectivity index (χ2n) is 8.67. The Kier molecular flexibility index (Phi) is 9.11. The summed E-state index contributed by atoms with van der Waals surface area (Å²) in [5.41, 5.74) is 1.79. The number of furan rings is 1. The van der Waals surface area contributed by atoms with Crippen molar-refractivity contribution >= 4 is 33.8 Å². The average Bonchev–Trinajstić information content (AvgIpc) is 3.45. The number of nitrogens with zero attached hydrogens (tertiary/aromatic N) is 2. The highest BCUT2D eigenvalue weighted by atomic mass is 32.2. The molecule has 0 fully saturated rings. The van der Waals surface area contributed by atoms with E-state index in [0.29, 0.717) is 27.3 Å². The summed E-state index contributed by atoms with van der Waals surface area (Å²) in [4.78, 5) is 24.3. The van der Waals surface area contributed by atoms with E-state index in [0.717, 1.165) is 18.2 Å². The molecule has 0 aliphatic heterocycles. The van der Waals surface area contributed by atoms with Gasteiger partial charge in [0, 0.05) is 5.56 Å². The summed E-state index contributed by atoms with van der Waals surface area (Å²) in [6.45, 7) is 1.11. The van der Waals surface area contributed by atoms with Gasteiger partial charge in [-0.2, -0.15) is 18.3 Å². The minimum atomic E-state index is -4.73. The number of esters is 1. The maximum absolute atomic E-state index is 13.3.